The summed E-state index contributed by atoms with van der Waals surface area (Å²) in [6.07, 6.45) is 9.60. The summed E-state index contributed by atoms with van der Waals surface area (Å²) in [5.74, 6) is 1.48. The largest absolute Gasteiger partial charge is 0.384 e. The zero-order chi connectivity index (χ0) is 25.8. The van der Waals surface area contributed by atoms with E-state index in [0.29, 0.717) is 24.7 Å². The van der Waals surface area contributed by atoms with Crippen LogP contribution in [0.3, 0.4) is 0 Å². The van der Waals surface area contributed by atoms with Gasteiger partial charge in [-0.3, -0.25) is 4.98 Å². The second-order valence-electron chi connectivity index (χ2n) is 10.8. The maximum Gasteiger partial charge on any atom is 0.125 e. The van der Waals surface area contributed by atoms with Crippen LogP contribution >= 0.6 is 0 Å². The molecule has 0 radical (unpaired) electrons. The number of amidine groups is 1. The molecule has 3 heterocycles. The van der Waals surface area contributed by atoms with Crippen molar-refractivity contribution < 1.29 is 9.47 Å². The Bertz CT molecular complexity index is 852. The van der Waals surface area contributed by atoms with E-state index in [1.54, 1.807) is 7.11 Å². The van der Waals surface area contributed by atoms with Gasteiger partial charge in [0.1, 0.15) is 12.5 Å². The van der Waals surface area contributed by atoms with Crippen molar-refractivity contribution in [3.8, 4) is 0 Å². The number of aromatic nitrogens is 1. The molecule has 4 N–H and O–H groups in total. The van der Waals surface area contributed by atoms with Crippen molar-refractivity contribution in [3.05, 3.63) is 30.1 Å². The molecule has 2 aliphatic rings. The average molecular weight is 501 g/mol. The van der Waals surface area contributed by atoms with Crippen molar-refractivity contribution in [3.63, 3.8) is 0 Å². The topological polar surface area (TPSA) is 91.8 Å². The number of aliphatic imine (C=N–C) groups is 1. The summed E-state index contributed by atoms with van der Waals surface area (Å²) in [7, 11) is 1.76. The number of hydrogen-bond acceptors (Lipinski definition) is 8. The van der Waals surface area contributed by atoms with Crippen LogP contribution in [0, 0.1) is 11.3 Å². The summed E-state index contributed by atoms with van der Waals surface area (Å²) >= 11 is 0. The minimum atomic E-state index is 0.278. The third-order valence-corrected chi connectivity index (χ3v) is 7.32. The van der Waals surface area contributed by atoms with Crippen molar-refractivity contribution >= 4 is 17.2 Å². The summed E-state index contributed by atoms with van der Waals surface area (Å²) in [4.78, 5) is 9.22. The van der Waals surface area contributed by atoms with Gasteiger partial charge in [-0.1, -0.05) is 20.8 Å². The van der Waals surface area contributed by atoms with Gasteiger partial charge in [0.2, 0.25) is 0 Å². The van der Waals surface area contributed by atoms with Crippen molar-refractivity contribution in [2.75, 3.05) is 52.0 Å². The molecule has 1 aromatic rings. The van der Waals surface area contributed by atoms with E-state index >= 15 is 0 Å². The van der Waals surface area contributed by atoms with Crippen molar-refractivity contribution in [1.29, 1.82) is 0 Å². The molecule has 2 aliphatic heterocycles. The van der Waals surface area contributed by atoms with E-state index in [-0.39, 0.29) is 5.41 Å². The lowest BCUT2D eigenvalue weighted by Gasteiger charge is -2.34. The number of nitrogens with zero attached hydrogens (tertiary/aromatic N) is 2. The highest BCUT2D eigenvalue weighted by Crippen LogP contribution is 2.30. The molecule has 0 bridgehead atoms. The van der Waals surface area contributed by atoms with Crippen LogP contribution in [0.1, 0.15) is 65.5 Å². The number of rotatable bonds is 14. The quantitative estimate of drug-likeness (QED) is 0.307. The van der Waals surface area contributed by atoms with Gasteiger partial charge in [-0.2, -0.15) is 0 Å². The molecule has 0 amide bonds. The third kappa shape index (κ3) is 9.37. The van der Waals surface area contributed by atoms with Gasteiger partial charge in [-0.25, -0.2) is 4.99 Å². The van der Waals surface area contributed by atoms with Gasteiger partial charge in [-0.05, 0) is 62.5 Å². The minimum absolute atomic E-state index is 0.278. The molecule has 8 heteroatoms. The Morgan fingerprint density at radius 1 is 1.19 bits per heavy atom. The molecule has 36 heavy (non-hydrogen) atoms. The van der Waals surface area contributed by atoms with Crippen LogP contribution in [0.15, 0.2) is 29.4 Å². The molecule has 1 aromatic heterocycles. The van der Waals surface area contributed by atoms with Crippen LogP contribution in [0.5, 0.6) is 0 Å². The van der Waals surface area contributed by atoms with Gasteiger partial charge >= 0.3 is 0 Å². The number of pyridine rings is 1. The van der Waals surface area contributed by atoms with Gasteiger partial charge in [0.15, 0.2) is 0 Å². The van der Waals surface area contributed by atoms with Gasteiger partial charge in [0, 0.05) is 63.5 Å². The van der Waals surface area contributed by atoms with Crippen LogP contribution in [-0.2, 0) is 9.47 Å². The Morgan fingerprint density at radius 2 is 2.00 bits per heavy atom. The lowest BCUT2D eigenvalue weighted by Crippen LogP contribution is -2.39. The molecular weight excluding hydrogens is 452 g/mol. The minimum Gasteiger partial charge on any atom is -0.384 e. The van der Waals surface area contributed by atoms with E-state index < -0.39 is 0 Å². The van der Waals surface area contributed by atoms with E-state index in [0.717, 1.165) is 81.5 Å². The fraction of sp³-hybridized carbons (Fsp3) is 0.714. The van der Waals surface area contributed by atoms with E-state index in [4.69, 9.17) is 9.47 Å². The standard InChI is InChI=1S/C28H48N6O2/c1-6-23(34-22(3)18-35-5)8-7-21(2)17-30-27-16-26(32-20-33-27)25-15-24(9-12-29-25)31-19-28(4)10-13-36-14-11-28/h9,12,15-16,21-23,32,34H,6-8,10-11,13-14,17-20H2,1-5H3,(H,29,31)(H,30,33)/t21-,22-,23-/m1/s1. The second-order valence-corrected chi connectivity index (χ2v) is 10.8. The van der Waals surface area contributed by atoms with E-state index in [1.165, 1.54) is 6.42 Å². The van der Waals surface area contributed by atoms with E-state index in [9.17, 15) is 0 Å². The van der Waals surface area contributed by atoms with Crippen LogP contribution in [0.25, 0.3) is 5.70 Å². The Kier molecular flexibility index (Phi) is 11.5. The number of nitrogens with one attached hydrogen (secondary N) is 4. The summed E-state index contributed by atoms with van der Waals surface area (Å²) < 4.78 is 10.8. The monoisotopic (exact) mass is 500 g/mol. The molecular formula is C28H48N6O2. The lowest BCUT2D eigenvalue weighted by molar-refractivity contribution is 0.0300. The smallest absolute Gasteiger partial charge is 0.125 e. The molecule has 1 fully saturated rings. The fourth-order valence-electron chi connectivity index (χ4n) is 4.73. The normalized spacial score (nSPS) is 19.9. The predicted octanol–water partition coefficient (Wildman–Crippen LogP) is 4.02. The highest BCUT2D eigenvalue weighted by atomic mass is 16.5. The summed E-state index contributed by atoms with van der Waals surface area (Å²) in [5, 5.41) is 14.2. The highest BCUT2D eigenvalue weighted by Gasteiger charge is 2.27. The van der Waals surface area contributed by atoms with Crippen LogP contribution in [0.4, 0.5) is 5.69 Å². The van der Waals surface area contributed by atoms with Crippen LogP contribution in [-0.4, -0.2) is 69.6 Å². The van der Waals surface area contributed by atoms with Crippen LogP contribution in [0.2, 0.25) is 0 Å². The number of ether oxygens (including phenoxy) is 2. The Morgan fingerprint density at radius 3 is 2.75 bits per heavy atom. The lowest BCUT2D eigenvalue weighted by atomic mass is 9.82. The zero-order valence-electron chi connectivity index (χ0n) is 23.0. The molecule has 0 spiro atoms. The van der Waals surface area contributed by atoms with Gasteiger partial charge in [0.25, 0.3) is 0 Å². The van der Waals surface area contributed by atoms with Crippen LogP contribution < -0.4 is 21.3 Å². The molecule has 1 saturated heterocycles. The first kappa shape index (κ1) is 28.4. The molecule has 8 nitrogen and oxygen atoms in total. The number of anilines is 1. The molecule has 3 rings (SSSR count). The summed E-state index contributed by atoms with van der Waals surface area (Å²) in [6.45, 7) is 13.9. The van der Waals surface area contributed by atoms with Crippen molar-refractivity contribution in [2.45, 2.75) is 71.9 Å². The number of methoxy groups -OCH3 is 1. The first-order valence-electron chi connectivity index (χ1n) is 13.7. The first-order valence-corrected chi connectivity index (χ1v) is 13.7. The van der Waals surface area contributed by atoms with Gasteiger partial charge in [-0.15, -0.1) is 0 Å². The SMILES string of the molecule is CC[C@H](CC[C@@H](C)CNC1=NCNC(c2cc(NCC3(C)CCOCC3)ccn2)=C1)N[C@H](C)COC. The Balaban J connectivity index is 1.47. The molecule has 0 aliphatic carbocycles. The Hall–Kier alpha value is -2.16. The van der Waals surface area contributed by atoms with E-state index in [2.05, 4.69) is 71.1 Å². The molecule has 202 valence electrons. The van der Waals surface area contributed by atoms with Gasteiger partial charge < -0.3 is 30.7 Å². The second kappa shape index (κ2) is 14.5. The molecule has 0 unspecified atom stereocenters. The van der Waals surface area contributed by atoms with Crippen molar-refractivity contribution in [1.82, 2.24) is 20.9 Å². The maximum absolute atomic E-state index is 5.53. The van der Waals surface area contributed by atoms with Crippen molar-refractivity contribution in [2.24, 2.45) is 16.3 Å². The molecule has 3 atom stereocenters. The average Bonchev–Trinajstić information content (AvgIpc) is 2.89. The highest BCUT2D eigenvalue weighted by molar-refractivity contribution is 5.99. The first-order chi connectivity index (χ1) is 17.4. The molecule has 0 saturated carbocycles. The Labute approximate surface area is 218 Å². The summed E-state index contributed by atoms with van der Waals surface area (Å²) in [5.41, 5.74) is 3.31. The number of hydrogen-bond donors (Lipinski definition) is 4. The maximum atomic E-state index is 5.53. The fourth-order valence-corrected chi connectivity index (χ4v) is 4.73. The third-order valence-electron chi connectivity index (χ3n) is 7.32. The van der Waals surface area contributed by atoms with E-state index in [1.807, 2.05) is 12.3 Å². The predicted molar refractivity (Wildman–Crippen MR) is 149 cm³/mol. The molecule has 0 aromatic carbocycles. The summed E-state index contributed by atoms with van der Waals surface area (Å²) in [6, 6.07) is 5.07. The van der Waals surface area contributed by atoms with Gasteiger partial charge in [0.05, 0.1) is 18.0 Å². The zero-order valence-corrected chi connectivity index (χ0v) is 23.0.